The van der Waals surface area contributed by atoms with Gasteiger partial charge in [-0.2, -0.15) is 0 Å². The molecule has 0 amide bonds. The summed E-state index contributed by atoms with van der Waals surface area (Å²) < 4.78 is 5.33. The Hall–Kier alpha value is -0.860. The van der Waals surface area contributed by atoms with Crippen molar-refractivity contribution in [2.75, 3.05) is 39.9 Å². The molecule has 1 fully saturated rings. The van der Waals surface area contributed by atoms with Crippen LogP contribution in [0.2, 0.25) is 0 Å². The molecule has 0 bridgehead atoms. The number of piperidine rings is 1. The van der Waals surface area contributed by atoms with Crippen LogP contribution in [0.1, 0.15) is 38.3 Å². The van der Waals surface area contributed by atoms with E-state index < -0.39 is 0 Å². The van der Waals surface area contributed by atoms with Gasteiger partial charge in [0, 0.05) is 46.4 Å². The molecule has 1 aromatic carbocycles. The molecular formula is C21H37IN4O. The van der Waals surface area contributed by atoms with Gasteiger partial charge in [-0.1, -0.05) is 38.1 Å². The van der Waals surface area contributed by atoms with Gasteiger partial charge >= 0.3 is 0 Å². The van der Waals surface area contributed by atoms with Crippen molar-refractivity contribution in [2.45, 2.75) is 40.3 Å². The van der Waals surface area contributed by atoms with Crippen LogP contribution in [0.25, 0.3) is 0 Å². The lowest BCUT2D eigenvalue weighted by atomic mass is 9.91. The summed E-state index contributed by atoms with van der Waals surface area (Å²) >= 11 is 0. The van der Waals surface area contributed by atoms with Crippen LogP contribution < -0.4 is 10.6 Å². The van der Waals surface area contributed by atoms with Crippen molar-refractivity contribution in [3.05, 3.63) is 35.4 Å². The summed E-state index contributed by atoms with van der Waals surface area (Å²) in [6, 6.07) is 8.94. The molecule has 1 aliphatic heterocycles. The number of nitrogens with one attached hydrogen (secondary N) is 2. The van der Waals surface area contributed by atoms with Crippen molar-refractivity contribution in [2.24, 2.45) is 16.8 Å². The number of halogens is 1. The van der Waals surface area contributed by atoms with Crippen LogP contribution in [0, 0.1) is 11.8 Å². The van der Waals surface area contributed by atoms with Crippen LogP contribution in [-0.4, -0.2) is 50.8 Å². The van der Waals surface area contributed by atoms with Gasteiger partial charge in [0.2, 0.25) is 0 Å². The predicted molar refractivity (Wildman–Crippen MR) is 125 cm³/mol. The first kappa shape index (κ1) is 24.2. The van der Waals surface area contributed by atoms with E-state index in [4.69, 9.17) is 4.74 Å². The topological polar surface area (TPSA) is 48.9 Å². The molecule has 1 aliphatic rings. The molecule has 154 valence electrons. The van der Waals surface area contributed by atoms with Crippen LogP contribution in [0.3, 0.4) is 0 Å². The highest BCUT2D eigenvalue weighted by molar-refractivity contribution is 14.0. The third-order valence-electron chi connectivity index (χ3n) is 4.80. The Balaban J connectivity index is 0.00000364. The third-order valence-corrected chi connectivity index (χ3v) is 4.80. The number of ether oxygens (including phenoxy) is 1. The van der Waals surface area contributed by atoms with E-state index in [-0.39, 0.29) is 24.0 Å². The molecule has 0 radical (unpaired) electrons. The number of hydrogen-bond donors (Lipinski definition) is 2. The summed E-state index contributed by atoms with van der Waals surface area (Å²) in [6.45, 7) is 13.2. The van der Waals surface area contributed by atoms with Crippen molar-refractivity contribution < 1.29 is 4.74 Å². The number of guanidine groups is 1. The minimum atomic E-state index is 0. The van der Waals surface area contributed by atoms with Gasteiger partial charge in [-0.05, 0) is 36.3 Å². The summed E-state index contributed by atoms with van der Waals surface area (Å²) in [5.74, 6) is 2.43. The average molecular weight is 488 g/mol. The van der Waals surface area contributed by atoms with Gasteiger partial charge in [-0.25, -0.2) is 0 Å². The molecule has 1 heterocycles. The van der Waals surface area contributed by atoms with Gasteiger partial charge in [0.25, 0.3) is 0 Å². The number of benzene rings is 1. The van der Waals surface area contributed by atoms with Crippen molar-refractivity contribution in [1.29, 1.82) is 0 Å². The molecule has 0 spiro atoms. The summed E-state index contributed by atoms with van der Waals surface area (Å²) in [4.78, 5) is 6.84. The highest BCUT2D eigenvalue weighted by atomic mass is 127. The maximum Gasteiger partial charge on any atom is 0.191 e. The van der Waals surface area contributed by atoms with Gasteiger partial charge in [-0.3, -0.25) is 9.89 Å². The van der Waals surface area contributed by atoms with Gasteiger partial charge in [-0.15, -0.1) is 24.0 Å². The van der Waals surface area contributed by atoms with Crippen LogP contribution in [0.5, 0.6) is 0 Å². The standard InChI is InChI=1S/C21H36N4O.HI/c1-5-26-11-10-23-21(22-4)24-13-19-6-8-20(9-7-19)16-25-14-17(2)12-18(3)15-25;/h6-9,17-18H,5,10-16H2,1-4H3,(H2,22,23,24);1H. The van der Waals surface area contributed by atoms with E-state index in [1.54, 1.807) is 7.05 Å². The number of rotatable bonds is 8. The number of likely N-dealkylation sites (tertiary alicyclic amines) is 1. The average Bonchev–Trinajstić information content (AvgIpc) is 2.61. The Morgan fingerprint density at radius 1 is 1.11 bits per heavy atom. The van der Waals surface area contributed by atoms with Crippen molar-refractivity contribution in [3.8, 4) is 0 Å². The summed E-state index contributed by atoms with van der Waals surface area (Å²) in [6.07, 6.45) is 1.36. The smallest absolute Gasteiger partial charge is 0.191 e. The Morgan fingerprint density at radius 2 is 1.74 bits per heavy atom. The fourth-order valence-corrected chi connectivity index (χ4v) is 3.73. The van der Waals surface area contributed by atoms with Crippen LogP contribution >= 0.6 is 24.0 Å². The molecular weight excluding hydrogens is 451 g/mol. The Labute approximate surface area is 182 Å². The maximum absolute atomic E-state index is 5.33. The highest BCUT2D eigenvalue weighted by Crippen LogP contribution is 2.22. The fourth-order valence-electron chi connectivity index (χ4n) is 3.73. The lowest BCUT2D eigenvalue weighted by Gasteiger charge is -2.35. The first-order valence-electron chi connectivity index (χ1n) is 9.93. The molecule has 5 nitrogen and oxygen atoms in total. The van der Waals surface area contributed by atoms with Crippen LogP contribution in [0.4, 0.5) is 0 Å². The van der Waals surface area contributed by atoms with Gasteiger partial charge < -0.3 is 15.4 Å². The second kappa shape index (κ2) is 13.3. The zero-order chi connectivity index (χ0) is 18.8. The van der Waals surface area contributed by atoms with E-state index in [1.807, 2.05) is 6.92 Å². The van der Waals surface area contributed by atoms with Gasteiger partial charge in [0.15, 0.2) is 5.96 Å². The van der Waals surface area contributed by atoms with Crippen molar-refractivity contribution >= 4 is 29.9 Å². The van der Waals surface area contributed by atoms with Crippen LogP contribution in [0.15, 0.2) is 29.3 Å². The minimum Gasteiger partial charge on any atom is -0.380 e. The maximum atomic E-state index is 5.33. The van der Waals surface area contributed by atoms with E-state index >= 15 is 0 Å². The quantitative estimate of drug-likeness (QED) is 0.255. The van der Waals surface area contributed by atoms with Crippen molar-refractivity contribution in [3.63, 3.8) is 0 Å². The molecule has 27 heavy (non-hydrogen) atoms. The molecule has 2 atom stereocenters. The lowest BCUT2D eigenvalue weighted by Crippen LogP contribution is -2.38. The van der Waals surface area contributed by atoms with E-state index in [9.17, 15) is 0 Å². The Bertz CT molecular complexity index is 540. The van der Waals surface area contributed by atoms with Gasteiger partial charge in [0.1, 0.15) is 0 Å². The monoisotopic (exact) mass is 488 g/mol. The second-order valence-corrected chi connectivity index (χ2v) is 7.51. The zero-order valence-corrected chi connectivity index (χ0v) is 19.7. The molecule has 1 saturated heterocycles. The normalized spacial score (nSPS) is 20.8. The fraction of sp³-hybridized carbons (Fsp3) is 0.667. The predicted octanol–water partition coefficient (Wildman–Crippen LogP) is 3.48. The largest absolute Gasteiger partial charge is 0.380 e. The van der Waals surface area contributed by atoms with E-state index in [2.05, 4.69) is 58.6 Å². The molecule has 1 aromatic rings. The highest BCUT2D eigenvalue weighted by Gasteiger charge is 2.21. The minimum absolute atomic E-state index is 0. The van der Waals surface area contributed by atoms with E-state index in [1.165, 1.54) is 30.6 Å². The zero-order valence-electron chi connectivity index (χ0n) is 17.3. The molecule has 2 N–H and O–H groups in total. The molecule has 0 aliphatic carbocycles. The van der Waals surface area contributed by atoms with E-state index in [0.717, 1.165) is 44.0 Å². The van der Waals surface area contributed by atoms with Crippen LogP contribution in [-0.2, 0) is 17.8 Å². The summed E-state index contributed by atoms with van der Waals surface area (Å²) in [5, 5.41) is 6.60. The number of aliphatic imine (C=N–C) groups is 1. The first-order valence-corrected chi connectivity index (χ1v) is 9.93. The van der Waals surface area contributed by atoms with Gasteiger partial charge in [0.05, 0.1) is 6.61 Å². The Morgan fingerprint density at radius 3 is 2.33 bits per heavy atom. The molecule has 2 rings (SSSR count). The first-order chi connectivity index (χ1) is 12.6. The lowest BCUT2D eigenvalue weighted by molar-refractivity contribution is 0.134. The SMILES string of the molecule is CCOCCNC(=NC)NCc1ccc(CN2CC(C)CC(C)C2)cc1.I. The number of hydrogen-bond acceptors (Lipinski definition) is 3. The molecule has 0 saturated carbocycles. The van der Waals surface area contributed by atoms with E-state index in [0.29, 0.717) is 6.61 Å². The molecule has 6 heteroatoms. The second-order valence-electron chi connectivity index (χ2n) is 7.51. The summed E-state index contributed by atoms with van der Waals surface area (Å²) in [7, 11) is 1.79. The molecule has 2 unspecified atom stereocenters. The third kappa shape index (κ3) is 9.25. The Kier molecular flexibility index (Phi) is 11.9. The number of nitrogens with zero attached hydrogens (tertiary/aromatic N) is 2. The van der Waals surface area contributed by atoms with Crippen molar-refractivity contribution in [1.82, 2.24) is 15.5 Å². The summed E-state index contributed by atoms with van der Waals surface area (Å²) in [5.41, 5.74) is 2.66. The molecule has 0 aromatic heterocycles.